The molecule has 0 fully saturated rings. The largest absolute Gasteiger partial charge is 0.418 e. The fraction of sp³-hybridized carbons (Fsp3) is 0.235. The number of aromatic nitrogens is 3. The van der Waals surface area contributed by atoms with E-state index in [-0.39, 0.29) is 0 Å². The van der Waals surface area contributed by atoms with E-state index in [2.05, 4.69) is 20.3 Å². The van der Waals surface area contributed by atoms with Crippen LogP contribution in [0.25, 0.3) is 22.2 Å². The lowest BCUT2D eigenvalue weighted by Gasteiger charge is -2.27. The lowest BCUT2D eigenvalue weighted by atomic mass is 10.1. The molecule has 0 spiro atoms. The second kappa shape index (κ2) is 6.29. The van der Waals surface area contributed by atoms with Gasteiger partial charge >= 0.3 is 6.18 Å². The van der Waals surface area contributed by atoms with E-state index in [1.165, 1.54) is 12.4 Å². The van der Waals surface area contributed by atoms with Gasteiger partial charge in [-0.1, -0.05) is 0 Å². The molecule has 25 heavy (non-hydrogen) atoms. The van der Waals surface area contributed by atoms with Crippen LogP contribution in [0.4, 0.5) is 18.9 Å². The van der Waals surface area contributed by atoms with Gasteiger partial charge in [-0.3, -0.25) is 9.97 Å². The quantitative estimate of drug-likeness (QED) is 0.756. The molecular weight excluding hydrogens is 333 g/mol. The van der Waals surface area contributed by atoms with Crippen LogP contribution in [0.2, 0.25) is 0 Å². The number of alkyl halides is 3. The summed E-state index contributed by atoms with van der Waals surface area (Å²) in [7, 11) is 0. The summed E-state index contributed by atoms with van der Waals surface area (Å²) < 4.78 is 38.6. The summed E-state index contributed by atoms with van der Waals surface area (Å²) in [4.78, 5) is 12.4. The minimum absolute atomic E-state index is 0.434. The van der Waals surface area contributed by atoms with Gasteiger partial charge in [-0.05, 0) is 31.2 Å². The number of aliphatic hydroxyl groups is 1. The number of nitrogens with one attached hydrogen (secondary N) is 1. The van der Waals surface area contributed by atoms with E-state index in [9.17, 15) is 18.3 Å². The van der Waals surface area contributed by atoms with E-state index in [0.717, 1.165) is 12.5 Å². The lowest BCUT2D eigenvalue weighted by molar-refractivity contribution is -0.246. The van der Waals surface area contributed by atoms with Crippen molar-refractivity contribution in [1.29, 1.82) is 0 Å². The third-order valence-electron chi connectivity index (χ3n) is 3.82. The van der Waals surface area contributed by atoms with Gasteiger partial charge in [0.2, 0.25) is 0 Å². The second-order valence-corrected chi connectivity index (χ2v) is 5.81. The predicted octanol–water partition coefficient (Wildman–Crippen LogP) is 3.42. The van der Waals surface area contributed by atoms with Gasteiger partial charge in [0, 0.05) is 35.2 Å². The molecule has 0 radical (unpaired) electrons. The number of hydrogen-bond donors (Lipinski definition) is 2. The summed E-state index contributed by atoms with van der Waals surface area (Å²) in [5.74, 6) is 0. The molecule has 3 rings (SSSR count). The molecule has 1 atom stereocenters. The van der Waals surface area contributed by atoms with E-state index < -0.39 is 18.3 Å². The van der Waals surface area contributed by atoms with Crippen molar-refractivity contribution in [3.63, 3.8) is 0 Å². The standard InChI is InChI=1S/C17H15F3N4O/c1-16(25,17(18,19)20)10-23-14-8-13(11-2-5-21-6-3-11)24-15-9-22-7-4-12(14)15/h2-9,25H,10H2,1H3,(H,23,24). The molecule has 0 aliphatic heterocycles. The molecule has 0 aromatic carbocycles. The molecule has 2 N–H and O–H groups in total. The first-order valence-electron chi connectivity index (χ1n) is 7.46. The molecule has 0 saturated heterocycles. The molecule has 3 aromatic heterocycles. The highest BCUT2D eigenvalue weighted by Crippen LogP contribution is 2.32. The van der Waals surface area contributed by atoms with Crippen molar-refractivity contribution in [3.05, 3.63) is 49.1 Å². The molecule has 5 nitrogen and oxygen atoms in total. The van der Waals surface area contributed by atoms with Crippen LogP contribution in [0.15, 0.2) is 49.1 Å². The average molecular weight is 348 g/mol. The second-order valence-electron chi connectivity index (χ2n) is 5.81. The Morgan fingerprint density at radius 2 is 1.76 bits per heavy atom. The van der Waals surface area contributed by atoms with Crippen LogP contribution in [-0.2, 0) is 0 Å². The van der Waals surface area contributed by atoms with E-state index in [4.69, 9.17) is 0 Å². The molecule has 1 unspecified atom stereocenters. The fourth-order valence-corrected chi connectivity index (χ4v) is 2.26. The van der Waals surface area contributed by atoms with Crippen LogP contribution in [0.1, 0.15) is 6.92 Å². The number of anilines is 1. The SMILES string of the molecule is CC(O)(CNc1cc(-c2ccncc2)nc2cnccc12)C(F)(F)F. The van der Waals surface area contributed by atoms with Crippen molar-refractivity contribution in [1.82, 2.24) is 15.0 Å². The zero-order valence-corrected chi connectivity index (χ0v) is 13.2. The zero-order valence-electron chi connectivity index (χ0n) is 13.2. The van der Waals surface area contributed by atoms with Crippen molar-refractivity contribution in [2.24, 2.45) is 0 Å². The minimum atomic E-state index is -4.74. The van der Waals surface area contributed by atoms with Gasteiger partial charge in [0.15, 0.2) is 5.60 Å². The lowest BCUT2D eigenvalue weighted by Crippen LogP contribution is -2.47. The Kier molecular flexibility index (Phi) is 4.30. The highest BCUT2D eigenvalue weighted by molar-refractivity contribution is 5.93. The number of hydrogen-bond acceptors (Lipinski definition) is 5. The van der Waals surface area contributed by atoms with Gasteiger partial charge < -0.3 is 10.4 Å². The molecular formula is C17H15F3N4O. The number of fused-ring (bicyclic) bond motifs is 1. The van der Waals surface area contributed by atoms with E-state index >= 15 is 0 Å². The normalized spacial score (nSPS) is 14.3. The molecule has 3 aromatic rings. The molecule has 130 valence electrons. The maximum absolute atomic E-state index is 12.9. The van der Waals surface area contributed by atoms with Crippen molar-refractivity contribution in [2.75, 3.05) is 11.9 Å². The first kappa shape index (κ1) is 17.1. The van der Waals surface area contributed by atoms with Crippen molar-refractivity contribution < 1.29 is 18.3 Å². The van der Waals surface area contributed by atoms with Gasteiger partial charge in [0.25, 0.3) is 0 Å². The van der Waals surface area contributed by atoms with Crippen molar-refractivity contribution in [2.45, 2.75) is 18.7 Å². The Labute approximate surface area is 141 Å². The molecule has 0 saturated carbocycles. The first-order chi connectivity index (χ1) is 11.8. The minimum Gasteiger partial charge on any atom is -0.381 e. The van der Waals surface area contributed by atoms with Crippen LogP contribution in [-0.4, -0.2) is 38.4 Å². The molecule has 8 heteroatoms. The molecule has 0 aliphatic rings. The fourth-order valence-electron chi connectivity index (χ4n) is 2.26. The Hall–Kier alpha value is -2.74. The van der Waals surface area contributed by atoms with Crippen LogP contribution in [0, 0.1) is 0 Å². The average Bonchev–Trinajstić information content (AvgIpc) is 2.59. The highest BCUT2D eigenvalue weighted by atomic mass is 19.4. The Balaban J connectivity index is 2.02. The van der Waals surface area contributed by atoms with Gasteiger partial charge in [0.1, 0.15) is 0 Å². The topological polar surface area (TPSA) is 70.9 Å². The smallest absolute Gasteiger partial charge is 0.381 e. The zero-order chi connectivity index (χ0) is 18.1. The summed E-state index contributed by atoms with van der Waals surface area (Å²) in [5.41, 5.74) is -0.551. The van der Waals surface area contributed by atoms with Crippen molar-refractivity contribution in [3.8, 4) is 11.3 Å². The van der Waals surface area contributed by atoms with Crippen LogP contribution in [0.3, 0.4) is 0 Å². The molecule has 0 bridgehead atoms. The summed E-state index contributed by atoms with van der Waals surface area (Å²) in [6.45, 7) is 0.0441. The van der Waals surface area contributed by atoms with E-state index in [0.29, 0.717) is 22.3 Å². The van der Waals surface area contributed by atoms with E-state index in [1.54, 1.807) is 36.7 Å². The Bertz CT molecular complexity index is 882. The first-order valence-corrected chi connectivity index (χ1v) is 7.46. The third-order valence-corrected chi connectivity index (χ3v) is 3.82. The predicted molar refractivity (Wildman–Crippen MR) is 87.9 cm³/mol. The number of rotatable bonds is 4. The summed E-state index contributed by atoms with van der Waals surface area (Å²) in [6.07, 6.45) is 1.53. The van der Waals surface area contributed by atoms with Crippen LogP contribution in [0.5, 0.6) is 0 Å². The molecule has 0 amide bonds. The molecule has 0 aliphatic carbocycles. The Morgan fingerprint density at radius 1 is 1.08 bits per heavy atom. The van der Waals surface area contributed by atoms with Crippen LogP contribution >= 0.6 is 0 Å². The van der Waals surface area contributed by atoms with Gasteiger partial charge in [-0.15, -0.1) is 0 Å². The maximum atomic E-state index is 12.9. The van der Waals surface area contributed by atoms with Gasteiger partial charge in [-0.25, -0.2) is 4.98 Å². The number of halogens is 3. The summed E-state index contributed by atoms with van der Waals surface area (Å²) >= 11 is 0. The maximum Gasteiger partial charge on any atom is 0.418 e. The third kappa shape index (κ3) is 3.53. The van der Waals surface area contributed by atoms with Gasteiger partial charge in [0.05, 0.1) is 24.0 Å². The van der Waals surface area contributed by atoms with Gasteiger partial charge in [-0.2, -0.15) is 13.2 Å². The summed E-state index contributed by atoms with van der Waals surface area (Å²) in [6, 6.07) is 6.80. The molecule has 3 heterocycles. The number of pyridine rings is 3. The summed E-state index contributed by atoms with van der Waals surface area (Å²) in [5, 5.41) is 13.0. The van der Waals surface area contributed by atoms with E-state index in [1.807, 2.05) is 0 Å². The highest BCUT2D eigenvalue weighted by Gasteiger charge is 2.49. The number of nitrogens with zero attached hydrogens (tertiary/aromatic N) is 3. The monoisotopic (exact) mass is 348 g/mol. The Morgan fingerprint density at radius 3 is 2.44 bits per heavy atom. The van der Waals surface area contributed by atoms with Crippen LogP contribution < -0.4 is 5.32 Å². The van der Waals surface area contributed by atoms with Crippen molar-refractivity contribution >= 4 is 16.6 Å².